The Kier molecular flexibility index (Phi) is 5.84. The summed E-state index contributed by atoms with van der Waals surface area (Å²) in [6.45, 7) is 10.5. The van der Waals surface area contributed by atoms with Crippen LogP contribution in [0.5, 0.6) is 0 Å². The maximum atomic E-state index is 13.1. The van der Waals surface area contributed by atoms with Crippen molar-refractivity contribution in [3.63, 3.8) is 0 Å². The van der Waals surface area contributed by atoms with Gasteiger partial charge in [0.2, 0.25) is 0 Å². The van der Waals surface area contributed by atoms with Gasteiger partial charge in [0, 0.05) is 12.3 Å². The quantitative estimate of drug-likeness (QED) is 0.777. The molecule has 1 aromatic carbocycles. The molecule has 0 spiro atoms. The molecule has 3 nitrogen and oxygen atoms in total. The van der Waals surface area contributed by atoms with Crippen molar-refractivity contribution in [2.75, 3.05) is 7.11 Å². The van der Waals surface area contributed by atoms with E-state index in [1.165, 1.54) is 12.7 Å². The Labute approximate surface area is 145 Å². The molecule has 132 valence electrons. The third-order valence-corrected chi connectivity index (χ3v) is 5.90. The molecule has 3 heteroatoms. The fraction of sp³-hybridized carbons (Fsp3) is 0.619. The molecule has 0 heterocycles. The fourth-order valence-electron chi connectivity index (χ4n) is 4.32. The summed E-state index contributed by atoms with van der Waals surface area (Å²) < 4.78 is 4.98. The van der Waals surface area contributed by atoms with E-state index in [2.05, 4.69) is 46.8 Å². The number of carbonyl (C=O) groups is 2. The molecule has 0 bridgehead atoms. The average molecular weight is 330 g/mol. The van der Waals surface area contributed by atoms with E-state index in [-0.39, 0.29) is 29.5 Å². The minimum Gasteiger partial charge on any atom is -0.469 e. The van der Waals surface area contributed by atoms with Crippen LogP contribution in [0, 0.1) is 44.4 Å². The maximum absolute atomic E-state index is 13.1. The molecule has 2 rings (SSSR count). The van der Waals surface area contributed by atoms with Gasteiger partial charge in [-0.05, 0) is 62.1 Å². The third kappa shape index (κ3) is 3.71. The molecule has 0 amide bonds. The molecule has 1 saturated carbocycles. The molecule has 1 aliphatic carbocycles. The van der Waals surface area contributed by atoms with E-state index in [1.54, 1.807) is 0 Å². The number of ketones is 1. The van der Waals surface area contributed by atoms with Gasteiger partial charge in [-0.2, -0.15) is 0 Å². The first-order chi connectivity index (χ1) is 11.3. The summed E-state index contributed by atoms with van der Waals surface area (Å²) in [4.78, 5) is 25.3. The number of carbonyl (C=O) groups excluding carboxylic acids is 2. The smallest absolute Gasteiger partial charge is 0.309 e. The second-order valence-corrected chi connectivity index (χ2v) is 7.59. The van der Waals surface area contributed by atoms with Crippen molar-refractivity contribution >= 4 is 11.8 Å². The van der Waals surface area contributed by atoms with E-state index in [0.29, 0.717) is 12.3 Å². The lowest BCUT2D eigenvalue weighted by atomic mass is 9.65. The Morgan fingerprint density at radius 1 is 1.08 bits per heavy atom. The molecule has 0 N–H and O–H groups in total. The Bertz CT molecular complexity index is 609. The predicted octanol–water partition coefficient (Wildman–Crippen LogP) is 4.19. The number of methoxy groups -OCH3 is 1. The van der Waals surface area contributed by atoms with E-state index < -0.39 is 0 Å². The zero-order valence-electron chi connectivity index (χ0n) is 15.8. The van der Waals surface area contributed by atoms with Gasteiger partial charge in [-0.25, -0.2) is 0 Å². The molecule has 24 heavy (non-hydrogen) atoms. The normalized spacial score (nSPS) is 26.9. The monoisotopic (exact) mass is 330 g/mol. The van der Waals surface area contributed by atoms with E-state index in [9.17, 15) is 9.59 Å². The fourth-order valence-corrected chi connectivity index (χ4v) is 4.32. The molecule has 1 aromatic rings. The van der Waals surface area contributed by atoms with Gasteiger partial charge in [-0.1, -0.05) is 31.5 Å². The second-order valence-electron chi connectivity index (χ2n) is 7.59. The van der Waals surface area contributed by atoms with Crippen molar-refractivity contribution in [3.05, 3.63) is 34.4 Å². The van der Waals surface area contributed by atoms with E-state index in [4.69, 9.17) is 4.74 Å². The molecule has 1 aliphatic rings. The van der Waals surface area contributed by atoms with E-state index in [0.717, 1.165) is 29.5 Å². The topological polar surface area (TPSA) is 43.4 Å². The highest BCUT2D eigenvalue weighted by Gasteiger charge is 2.43. The average Bonchev–Trinajstić information content (AvgIpc) is 2.52. The molecular weight excluding hydrogens is 300 g/mol. The largest absolute Gasteiger partial charge is 0.469 e. The van der Waals surface area contributed by atoms with Crippen LogP contribution in [0.15, 0.2) is 12.1 Å². The Balaban J connectivity index is 2.29. The second kappa shape index (κ2) is 7.50. The minimum atomic E-state index is -0.292. The van der Waals surface area contributed by atoms with Gasteiger partial charge < -0.3 is 4.74 Å². The van der Waals surface area contributed by atoms with Gasteiger partial charge in [0.25, 0.3) is 0 Å². The summed E-state index contributed by atoms with van der Waals surface area (Å²) in [6, 6.07) is 4.25. The number of benzene rings is 1. The number of hydrogen-bond donors (Lipinski definition) is 0. The Morgan fingerprint density at radius 2 is 1.67 bits per heavy atom. The summed E-state index contributed by atoms with van der Waals surface area (Å²) in [6.07, 6.45) is 2.14. The first-order valence-corrected chi connectivity index (χ1v) is 8.93. The number of esters is 1. The first-order valence-electron chi connectivity index (χ1n) is 8.93. The van der Waals surface area contributed by atoms with Crippen LogP contribution in [-0.4, -0.2) is 18.9 Å². The molecule has 0 aromatic heterocycles. The lowest BCUT2D eigenvalue weighted by Crippen LogP contribution is -2.42. The van der Waals surface area contributed by atoms with E-state index >= 15 is 0 Å². The number of Topliss-reactive ketones (excluding diaryl/α,β-unsaturated/α-hetero) is 1. The standard InChI is InChI=1S/C21H30O3/c1-12-9-14(3)18(15(4)10-12)11-19(22)20-16(5)13(2)7-8-17(20)21(23)24-6/h9-10,13,16-17,20H,7-8,11H2,1-6H3. The Morgan fingerprint density at radius 3 is 2.21 bits per heavy atom. The van der Waals surface area contributed by atoms with Crippen LogP contribution in [-0.2, 0) is 20.7 Å². The maximum Gasteiger partial charge on any atom is 0.309 e. The van der Waals surface area contributed by atoms with Gasteiger partial charge in [-0.15, -0.1) is 0 Å². The van der Waals surface area contributed by atoms with Crippen molar-refractivity contribution in [3.8, 4) is 0 Å². The zero-order valence-corrected chi connectivity index (χ0v) is 15.8. The molecule has 0 radical (unpaired) electrons. The number of hydrogen-bond acceptors (Lipinski definition) is 3. The van der Waals surface area contributed by atoms with Crippen molar-refractivity contribution < 1.29 is 14.3 Å². The highest BCUT2D eigenvalue weighted by Crippen LogP contribution is 2.40. The number of aryl methyl sites for hydroxylation is 3. The van der Waals surface area contributed by atoms with Crippen molar-refractivity contribution in [2.45, 2.75) is 53.9 Å². The van der Waals surface area contributed by atoms with Crippen molar-refractivity contribution in [1.82, 2.24) is 0 Å². The number of rotatable bonds is 4. The van der Waals surface area contributed by atoms with Gasteiger partial charge in [0.15, 0.2) is 0 Å². The third-order valence-electron chi connectivity index (χ3n) is 5.90. The van der Waals surface area contributed by atoms with Crippen LogP contribution in [0.3, 0.4) is 0 Å². The highest BCUT2D eigenvalue weighted by atomic mass is 16.5. The van der Waals surface area contributed by atoms with Crippen LogP contribution < -0.4 is 0 Å². The van der Waals surface area contributed by atoms with Crippen molar-refractivity contribution in [2.24, 2.45) is 23.7 Å². The summed E-state index contributed by atoms with van der Waals surface area (Å²) in [5, 5.41) is 0. The summed E-state index contributed by atoms with van der Waals surface area (Å²) in [5.74, 6) is 0.0893. The first kappa shape index (κ1) is 18.7. The van der Waals surface area contributed by atoms with Crippen LogP contribution in [0.4, 0.5) is 0 Å². The Hall–Kier alpha value is -1.64. The zero-order chi connectivity index (χ0) is 18.0. The van der Waals surface area contributed by atoms with Gasteiger partial charge in [-0.3, -0.25) is 9.59 Å². The molecule has 0 saturated heterocycles. The van der Waals surface area contributed by atoms with Crippen LogP contribution in [0.1, 0.15) is 48.9 Å². The summed E-state index contributed by atoms with van der Waals surface area (Å²) in [5.41, 5.74) is 4.65. The summed E-state index contributed by atoms with van der Waals surface area (Å²) >= 11 is 0. The van der Waals surface area contributed by atoms with Gasteiger partial charge in [0.1, 0.15) is 5.78 Å². The molecule has 4 unspecified atom stereocenters. The number of ether oxygens (including phenoxy) is 1. The molecular formula is C21H30O3. The lowest BCUT2D eigenvalue weighted by molar-refractivity contribution is -0.154. The van der Waals surface area contributed by atoms with Crippen LogP contribution in [0.2, 0.25) is 0 Å². The van der Waals surface area contributed by atoms with Crippen LogP contribution in [0.25, 0.3) is 0 Å². The SMILES string of the molecule is COC(=O)C1CCC(C)C(C)C1C(=O)Cc1c(C)cc(C)cc1C. The molecule has 1 fully saturated rings. The minimum absolute atomic E-state index is 0.180. The molecule has 0 aliphatic heterocycles. The highest BCUT2D eigenvalue weighted by molar-refractivity contribution is 5.89. The van der Waals surface area contributed by atoms with Crippen molar-refractivity contribution in [1.29, 1.82) is 0 Å². The lowest BCUT2D eigenvalue weighted by Gasteiger charge is -2.38. The van der Waals surface area contributed by atoms with Gasteiger partial charge >= 0.3 is 5.97 Å². The van der Waals surface area contributed by atoms with Crippen LogP contribution >= 0.6 is 0 Å². The summed E-state index contributed by atoms with van der Waals surface area (Å²) in [7, 11) is 1.42. The van der Waals surface area contributed by atoms with Gasteiger partial charge in [0.05, 0.1) is 13.0 Å². The molecule has 4 atom stereocenters. The van der Waals surface area contributed by atoms with E-state index in [1.807, 2.05) is 0 Å². The predicted molar refractivity (Wildman–Crippen MR) is 95.9 cm³/mol.